The number of nitriles is 1. The summed E-state index contributed by atoms with van der Waals surface area (Å²) in [5, 5.41) is 17.9. The summed E-state index contributed by atoms with van der Waals surface area (Å²) >= 11 is 0. The fourth-order valence-electron chi connectivity index (χ4n) is 2.59. The maximum Gasteiger partial charge on any atom is 0.183 e. The van der Waals surface area contributed by atoms with Gasteiger partial charge in [-0.15, -0.1) is 0 Å². The van der Waals surface area contributed by atoms with Gasteiger partial charge in [0, 0.05) is 44.7 Å². The Bertz CT molecular complexity index is 473. The molecule has 108 valence electrons. The van der Waals surface area contributed by atoms with Crippen LogP contribution in [0.25, 0.3) is 0 Å². The van der Waals surface area contributed by atoms with E-state index in [1.54, 1.807) is 12.4 Å². The summed E-state index contributed by atoms with van der Waals surface area (Å²) in [6.07, 6.45) is 5.07. The average molecular weight is 275 g/mol. The molecule has 0 radical (unpaired) electrons. The van der Waals surface area contributed by atoms with E-state index in [1.807, 2.05) is 0 Å². The lowest BCUT2D eigenvalue weighted by atomic mass is 10.1. The zero-order chi connectivity index (χ0) is 14.4. The van der Waals surface area contributed by atoms with E-state index in [9.17, 15) is 0 Å². The summed E-state index contributed by atoms with van der Waals surface area (Å²) in [6, 6.07) is 2.52. The summed E-state index contributed by atoms with van der Waals surface area (Å²) in [4.78, 5) is 12.9. The Morgan fingerprint density at radius 1 is 1.35 bits per heavy atom. The van der Waals surface area contributed by atoms with Crippen LogP contribution in [0.3, 0.4) is 0 Å². The molecule has 0 spiro atoms. The number of unbranched alkanes of at least 4 members (excludes halogenated alkanes) is 1. The predicted octanol–water partition coefficient (Wildman–Crippen LogP) is 0.631. The Hall–Kier alpha value is -1.71. The van der Waals surface area contributed by atoms with Gasteiger partial charge < -0.3 is 10.0 Å². The number of aliphatic hydroxyl groups excluding tert-OH is 1. The lowest BCUT2D eigenvalue weighted by Crippen LogP contribution is -2.52. The maximum absolute atomic E-state index is 9.10. The molecular weight excluding hydrogens is 254 g/mol. The van der Waals surface area contributed by atoms with E-state index >= 15 is 0 Å². The van der Waals surface area contributed by atoms with Crippen molar-refractivity contribution in [3.05, 3.63) is 18.1 Å². The molecule has 0 saturated carbocycles. The molecule has 1 unspecified atom stereocenters. The van der Waals surface area contributed by atoms with Gasteiger partial charge in [0.2, 0.25) is 0 Å². The molecule has 1 saturated heterocycles. The first-order chi connectivity index (χ1) is 9.76. The number of aliphatic hydroxyl groups is 1. The molecule has 1 atom stereocenters. The highest BCUT2D eigenvalue weighted by atomic mass is 16.2. The Morgan fingerprint density at radius 2 is 2.15 bits per heavy atom. The largest absolute Gasteiger partial charge is 0.396 e. The lowest BCUT2D eigenvalue weighted by molar-refractivity contribution is 0.178. The maximum atomic E-state index is 9.10. The highest BCUT2D eigenvalue weighted by molar-refractivity contribution is 5.49. The van der Waals surface area contributed by atoms with Crippen molar-refractivity contribution in [2.75, 3.05) is 37.7 Å². The molecule has 1 aliphatic rings. The van der Waals surface area contributed by atoms with Crippen molar-refractivity contribution < 1.29 is 5.11 Å². The second-order valence-electron chi connectivity index (χ2n) is 5.10. The minimum Gasteiger partial charge on any atom is -0.396 e. The first kappa shape index (κ1) is 14.7. The highest BCUT2D eigenvalue weighted by Crippen LogP contribution is 2.19. The fraction of sp³-hybridized carbons (Fsp3) is 0.643. The zero-order valence-electron chi connectivity index (χ0n) is 11.9. The van der Waals surface area contributed by atoms with Crippen molar-refractivity contribution in [1.29, 1.82) is 5.26 Å². The van der Waals surface area contributed by atoms with E-state index in [0.29, 0.717) is 17.6 Å². The van der Waals surface area contributed by atoms with Crippen molar-refractivity contribution in [1.82, 2.24) is 14.9 Å². The summed E-state index contributed by atoms with van der Waals surface area (Å²) in [7, 11) is 0. The Kier molecular flexibility index (Phi) is 5.27. The summed E-state index contributed by atoms with van der Waals surface area (Å²) in [6.45, 7) is 6.13. The van der Waals surface area contributed by atoms with Gasteiger partial charge in [0.25, 0.3) is 0 Å². The van der Waals surface area contributed by atoms with Crippen LogP contribution in [-0.2, 0) is 0 Å². The van der Waals surface area contributed by atoms with Gasteiger partial charge in [-0.3, -0.25) is 4.90 Å². The minimum atomic E-state index is 0.263. The molecule has 0 amide bonds. The molecular formula is C14H21N5O. The molecule has 0 aliphatic carbocycles. The van der Waals surface area contributed by atoms with E-state index in [0.717, 1.165) is 39.0 Å². The fourth-order valence-corrected chi connectivity index (χ4v) is 2.59. The number of rotatable bonds is 5. The zero-order valence-corrected chi connectivity index (χ0v) is 11.9. The Morgan fingerprint density at radius 3 is 2.85 bits per heavy atom. The molecule has 2 heterocycles. The van der Waals surface area contributed by atoms with Gasteiger partial charge >= 0.3 is 0 Å². The first-order valence-electron chi connectivity index (χ1n) is 7.07. The van der Waals surface area contributed by atoms with Gasteiger partial charge in [0.15, 0.2) is 11.5 Å². The lowest BCUT2D eigenvalue weighted by Gasteiger charge is -2.40. The van der Waals surface area contributed by atoms with Crippen LogP contribution in [0.5, 0.6) is 0 Å². The van der Waals surface area contributed by atoms with Crippen molar-refractivity contribution in [3.8, 4) is 6.07 Å². The Labute approximate surface area is 119 Å². The van der Waals surface area contributed by atoms with Crippen LogP contribution in [0.15, 0.2) is 12.4 Å². The molecule has 1 fully saturated rings. The highest BCUT2D eigenvalue weighted by Gasteiger charge is 2.25. The van der Waals surface area contributed by atoms with Crippen molar-refractivity contribution >= 4 is 5.82 Å². The van der Waals surface area contributed by atoms with Crippen LogP contribution in [0, 0.1) is 11.3 Å². The number of anilines is 1. The van der Waals surface area contributed by atoms with Gasteiger partial charge in [-0.05, 0) is 26.3 Å². The van der Waals surface area contributed by atoms with E-state index in [2.05, 4.69) is 32.8 Å². The standard InChI is InChI=1S/C14H21N5O/c1-12-11-19(8-7-18(12)6-2-3-9-20)14-13(10-15)16-4-5-17-14/h4-5,12,20H,2-3,6-9,11H2,1H3. The third-order valence-corrected chi connectivity index (χ3v) is 3.70. The summed E-state index contributed by atoms with van der Waals surface area (Å²) < 4.78 is 0. The number of hydrogen-bond donors (Lipinski definition) is 1. The molecule has 1 aliphatic heterocycles. The monoisotopic (exact) mass is 275 g/mol. The second-order valence-corrected chi connectivity index (χ2v) is 5.10. The molecule has 2 rings (SSSR count). The van der Waals surface area contributed by atoms with Gasteiger partial charge in [0.1, 0.15) is 6.07 Å². The molecule has 0 bridgehead atoms. The SMILES string of the molecule is CC1CN(c2nccnc2C#N)CCN1CCCCO. The quantitative estimate of drug-likeness (QED) is 0.794. The summed E-state index contributed by atoms with van der Waals surface area (Å²) in [5.74, 6) is 0.692. The van der Waals surface area contributed by atoms with E-state index < -0.39 is 0 Å². The average Bonchev–Trinajstić information content (AvgIpc) is 2.49. The van der Waals surface area contributed by atoms with Crippen LogP contribution >= 0.6 is 0 Å². The number of hydrogen-bond acceptors (Lipinski definition) is 6. The van der Waals surface area contributed by atoms with Gasteiger partial charge in [0.05, 0.1) is 0 Å². The van der Waals surface area contributed by atoms with Crippen LogP contribution in [0.2, 0.25) is 0 Å². The number of piperazine rings is 1. The smallest absolute Gasteiger partial charge is 0.183 e. The molecule has 6 heteroatoms. The topological polar surface area (TPSA) is 76.3 Å². The normalized spacial score (nSPS) is 19.9. The van der Waals surface area contributed by atoms with Gasteiger partial charge in [-0.2, -0.15) is 5.26 Å². The van der Waals surface area contributed by atoms with E-state index in [-0.39, 0.29) is 6.61 Å². The van der Waals surface area contributed by atoms with E-state index in [4.69, 9.17) is 10.4 Å². The third-order valence-electron chi connectivity index (χ3n) is 3.70. The third kappa shape index (κ3) is 3.44. The molecule has 0 aromatic carbocycles. The minimum absolute atomic E-state index is 0.263. The van der Waals surface area contributed by atoms with Crippen molar-refractivity contribution in [3.63, 3.8) is 0 Å². The van der Waals surface area contributed by atoms with Crippen LogP contribution < -0.4 is 4.90 Å². The van der Waals surface area contributed by atoms with Gasteiger partial charge in [-0.1, -0.05) is 0 Å². The van der Waals surface area contributed by atoms with E-state index in [1.165, 1.54) is 0 Å². The predicted molar refractivity (Wildman–Crippen MR) is 76.3 cm³/mol. The molecule has 20 heavy (non-hydrogen) atoms. The van der Waals surface area contributed by atoms with Crippen molar-refractivity contribution in [2.45, 2.75) is 25.8 Å². The van der Waals surface area contributed by atoms with Crippen LogP contribution in [-0.4, -0.2) is 58.8 Å². The number of nitrogens with zero attached hydrogens (tertiary/aromatic N) is 5. The Balaban J connectivity index is 1.97. The molecule has 6 nitrogen and oxygen atoms in total. The first-order valence-corrected chi connectivity index (χ1v) is 7.07. The van der Waals surface area contributed by atoms with Crippen LogP contribution in [0.4, 0.5) is 5.82 Å². The molecule has 1 aromatic rings. The molecule has 1 aromatic heterocycles. The van der Waals surface area contributed by atoms with Gasteiger partial charge in [-0.25, -0.2) is 9.97 Å². The number of aromatic nitrogens is 2. The van der Waals surface area contributed by atoms with Crippen LogP contribution in [0.1, 0.15) is 25.5 Å². The van der Waals surface area contributed by atoms with Crippen molar-refractivity contribution in [2.24, 2.45) is 0 Å². The summed E-state index contributed by atoms with van der Waals surface area (Å²) in [5.41, 5.74) is 0.397. The molecule has 1 N–H and O–H groups in total. The second kappa shape index (κ2) is 7.17.